The normalized spacial score (nSPS) is 13.2. The summed E-state index contributed by atoms with van der Waals surface area (Å²) in [7, 11) is 0. The Morgan fingerprint density at radius 1 is 1.25 bits per heavy atom. The quantitative estimate of drug-likeness (QED) is 0.537. The minimum absolute atomic E-state index is 0.0834. The molecule has 1 aromatic carbocycles. The Morgan fingerprint density at radius 2 is 2.11 bits per heavy atom. The van der Waals surface area contributed by atoms with Crippen LogP contribution in [0.5, 0.6) is 5.75 Å². The summed E-state index contributed by atoms with van der Waals surface area (Å²) in [6.07, 6.45) is 4.69. The number of rotatable bonds is 6. The van der Waals surface area contributed by atoms with E-state index in [0.29, 0.717) is 16.7 Å². The molecule has 0 saturated carbocycles. The van der Waals surface area contributed by atoms with Crippen LogP contribution in [0, 0.1) is 6.92 Å². The summed E-state index contributed by atoms with van der Waals surface area (Å²) in [5.74, 6) is 0.773. The number of aryl methyl sites for hydroxylation is 3. The molecule has 3 aromatic rings. The second-order valence-corrected chi connectivity index (χ2v) is 8.17. The van der Waals surface area contributed by atoms with Crippen LogP contribution in [0.15, 0.2) is 28.7 Å². The molecule has 1 aliphatic rings. The van der Waals surface area contributed by atoms with Gasteiger partial charge in [0.2, 0.25) is 0 Å². The van der Waals surface area contributed by atoms with E-state index in [1.54, 1.807) is 29.5 Å². The molecule has 0 fully saturated rings. The standard InChI is InChI=1S/C20H19ClN2O4S/c1-12-8-14(6-7-15(12)21)25-11-19(24)26-10-18-22-23-20(27-18)17-9-13-4-2-3-5-16(13)28-17/h6-9H,2-5,10-11H2,1H3. The van der Waals surface area contributed by atoms with Gasteiger partial charge >= 0.3 is 5.97 Å². The van der Waals surface area contributed by atoms with Gasteiger partial charge in [0.15, 0.2) is 13.2 Å². The Hall–Kier alpha value is -2.38. The zero-order valence-electron chi connectivity index (χ0n) is 15.4. The molecule has 0 saturated heterocycles. The number of hydrogen-bond acceptors (Lipinski definition) is 7. The maximum atomic E-state index is 11.9. The van der Waals surface area contributed by atoms with Crippen molar-refractivity contribution < 1.29 is 18.7 Å². The maximum absolute atomic E-state index is 11.9. The summed E-state index contributed by atoms with van der Waals surface area (Å²) < 4.78 is 16.2. The zero-order chi connectivity index (χ0) is 19.5. The monoisotopic (exact) mass is 418 g/mol. The van der Waals surface area contributed by atoms with E-state index in [9.17, 15) is 4.79 Å². The number of fused-ring (bicyclic) bond motifs is 1. The number of esters is 1. The average Bonchev–Trinajstić information content (AvgIpc) is 3.33. The molecule has 0 aliphatic heterocycles. The van der Waals surface area contributed by atoms with Crippen LogP contribution in [-0.2, 0) is 29.0 Å². The number of hydrogen-bond donors (Lipinski definition) is 0. The zero-order valence-corrected chi connectivity index (χ0v) is 16.9. The van der Waals surface area contributed by atoms with E-state index in [1.807, 2.05) is 6.92 Å². The number of carbonyl (C=O) groups excluding carboxylic acids is 1. The Bertz CT molecular complexity index is 975. The van der Waals surface area contributed by atoms with Crippen LogP contribution in [-0.4, -0.2) is 22.8 Å². The molecule has 0 radical (unpaired) electrons. The van der Waals surface area contributed by atoms with Crippen LogP contribution in [0.2, 0.25) is 5.02 Å². The van der Waals surface area contributed by atoms with E-state index in [1.165, 1.54) is 23.3 Å². The minimum Gasteiger partial charge on any atom is -0.482 e. The van der Waals surface area contributed by atoms with Crippen molar-refractivity contribution in [2.24, 2.45) is 0 Å². The molecule has 6 nitrogen and oxygen atoms in total. The molecule has 0 amide bonds. The second-order valence-electron chi connectivity index (χ2n) is 6.63. The Kier molecular flexibility index (Phi) is 5.64. The highest BCUT2D eigenvalue weighted by Gasteiger charge is 2.18. The first-order chi connectivity index (χ1) is 13.6. The highest BCUT2D eigenvalue weighted by Crippen LogP contribution is 2.35. The van der Waals surface area contributed by atoms with Crippen molar-refractivity contribution in [3.63, 3.8) is 0 Å². The van der Waals surface area contributed by atoms with Crippen molar-refractivity contribution in [1.29, 1.82) is 0 Å². The number of nitrogens with zero attached hydrogens (tertiary/aromatic N) is 2. The highest BCUT2D eigenvalue weighted by atomic mass is 35.5. The number of ether oxygens (including phenoxy) is 2. The molecule has 4 rings (SSSR count). The van der Waals surface area contributed by atoms with Gasteiger partial charge in [-0.05, 0) is 68.0 Å². The van der Waals surface area contributed by atoms with Gasteiger partial charge in [-0.1, -0.05) is 11.6 Å². The van der Waals surface area contributed by atoms with Gasteiger partial charge in [-0.2, -0.15) is 0 Å². The summed E-state index contributed by atoms with van der Waals surface area (Å²) in [6, 6.07) is 7.32. The lowest BCUT2D eigenvalue weighted by atomic mass is 9.99. The molecule has 2 heterocycles. The molecule has 1 aliphatic carbocycles. The number of aromatic nitrogens is 2. The number of thiophene rings is 1. The fourth-order valence-electron chi connectivity index (χ4n) is 3.04. The largest absolute Gasteiger partial charge is 0.482 e. The average molecular weight is 419 g/mol. The lowest BCUT2D eigenvalue weighted by Crippen LogP contribution is -2.14. The third kappa shape index (κ3) is 4.36. The fourth-order valence-corrected chi connectivity index (χ4v) is 4.33. The van der Waals surface area contributed by atoms with Gasteiger partial charge in [0, 0.05) is 9.90 Å². The van der Waals surface area contributed by atoms with Crippen LogP contribution in [0.25, 0.3) is 10.8 Å². The Morgan fingerprint density at radius 3 is 2.93 bits per heavy atom. The predicted octanol–water partition coefficient (Wildman–Crippen LogP) is 4.76. The lowest BCUT2D eigenvalue weighted by Gasteiger charge is -2.08. The summed E-state index contributed by atoms with van der Waals surface area (Å²) in [6.45, 7) is 1.57. The van der Waals surface area contributed by atoms with Gasteiger partial charge in [-0.15, -0.1) is 21.5 Å². The number of benzene rings is 1. The van der Waals surface area contributed by atoms with Crippen LogP contribution >= 0.6 is 22.9 Å². The molecular weight excluding hydrogens is 400 g/mol. The SMILES string of the molecule is Cc1cc(OCC(=O)OCc2nnc(-c3cc4c(s3)CCCC4)o2)ccc1Cl. The second kappa shape index (κ2) is 8.32. The summed E-state index contributed by atoms with van der Waals surface area (Å²) in [5.41, 5.74) is 2.26. The molecule has 8 heteroatoms. The van der Waals surface area contributed by atoms with E-state index in [2.05, 4.69) is 16.3 Å². The predicted molar refractivity (Wildman–Crippen MR) is 106 cm³/mol. The molecule has 146 valence electrons. The van der Waals surface area contributed by atoms with Crippen molar-refractivity contribution in [3.8, 4) is 16.5 Å². The Labute approximate surface area is 171 Å². The number of carbonyl (C=O) groups is 1. The third-order valence-electron chi connectivity index (χ3n) is 4.52. The van der Waals surface area contributed by atoms with Gasteiger partial charge < -0.3 is 13.9 Å². The van der Waals surface area contributed by atoms with Gasteiger partial charge in [0.05, 0.1) is 4.88 Å². The highest BCUT2D eigenvalue weighted by molar-refractivity contribution is 7.15. The third-order valence-corrected chi connectivity index (χ3v) is 6.17. The smallest absolute Gasteiger partial charge is 0.344 e. The molecule has 0 unspecified atom stereocenters. The number of halogens is 1. The van der Waals surface area contributed by atoms with Crippen molar-refractivity contribution in [1.82, 2.24) is 10.2 Å². The molecule has 0 bridgehead atoms. The Balaban J connectivity index is 1.29. The molecule has 2 aromatic heterocycles. The van der Waals surface area contributed by atoms with E-state index in [-0.39, 0.29) is 19.1 Å². The molecule has 28 heavy (non-hydrogen) atoms. The van der Waals surface area contributed by atoms with Crippen LogP contribution in [0.3, 0.4) is 0 Å². The van der Waals surface area contributed by atoms with Gasteiger partial charge in [0.1, 0.15) is 5.75 Å². The van der Waals surface area contributed by atoms with Crippen LogP contribution in [0.1, 0.15) is 34.7 Å². The molecule has 0 atom stereocenters. The van der Waals surface area contributed by atoms with E-state index < -0.39 is 5.97 Å². The maximum Gasteiger partial charge on any atom is 0.344 e. The first-order valence-corrected chi connectivity index (χ1v) is 10.3. The first-order valence-electron chi connectivity index (χ1n) is 9.07. The fraction of sp³-hybridized carbons (Fsp3) is 0.350. The van der Waals surface area contributed by atoms with Crippen LogP contribution in [0.4, 0.5) is 0 Å². The van der Waals surface area contributed by atoms with E-state index in [4.69, 9.17) is 25.5 Å². The topological polar surface area (TPSA) is 74.5 Å². The summed E-state index contributed by atoms with van der Waals surface area (Å²) in [5, 5.41) is 8.69. The van der Waals surface area contributed by atoms with E-state index in [0.717, 1.165) is 23.3 Å². The van der Waals surface area contributed by atoms with Crippen molar-refractivity contribution in [3.05, 3.63) is 51.2 Å². The van der Waals surface area contributed by atoms with Crippen molar-refractivity contribution in [2.75, 3.05) is 6.61 Å². The van der Waals surface area contributed by atoms with Crippen LogP contribution < -0.4 is 4.74 Å². The molecule has 0 N–H and O–H groups in total. The van der Waals surface area contributed by atoms with Gasteiger partial charge in [0.25, 0.3) is 11.8 Å². The van der Waals surface area contributed by atoms with Crippen molar-refractivity contribution >= 4 is 28.9 Å². The first kappa shape index (κ1) is 19.0. The van der Waals surface area contributed by atoms with Gasteiger partial charge in [-0.3, -0.25) is 0 Å². The lowest BCUT2D eigenvalue weighted by molar-refractivity contribution is -0.148. The summed E-state index contributed by atoms with van der Waals surface area (Å²) in [4.78, 5) is 14.3. The molecule has 0 spiro atoms. The molecular formula is C20H19ClN2O4S. The summed E-state index contributed by atoms with van der Waals surface area (Å²) >= 11 is 7.67. The van der Waals surface area contributed by atoms with Crippen molar-refractivity contribution in [2.45, 2.75) is 39.2 Å². The van der Waals surface area contributed by atoms with Gasteiger partial charge in [-0.25, -0.2) is 4.79 Å². The minimum atomic E-state index is -0.515. The van der Waals surface area contributed by atoms with E-state index >= 15 is 0 Å².